The number of carbonyl (C=O) groups is 2. The van der Waals surface area contributed by atoms with Gasteiger partial charge >= 0.3 is 0 Å². The van der Waals surface area contributed by atoms with Crippen molar-refractivity contribution < 1.29 is 9.59 Å². The molecular formula is C23H31N3O2. The third-order valence-corrected chi connectivity index (χ3v) is 7.77. The highest BCUT2D eigenvalue weighted by molar-refractivity contribution is 6.02. The fraction of sp³-hybridized carbons (Fsp3) is 0.652. The molecule has 4 atom stereocenters. The Hall–Kier alpha value is -2.04. The molecule has 4 saturated carbocycles. The smallest absolute Gasteiger partial charge is 0.255 e. The number of benzene rings is 1. The Kier molecular flexibility index (Phi) is 4.56. The first-order valence-corrected chi connectivity index (χ1v) is 11.1. The standard InChI is InChI=1S/C23H31N3O2/c27-21(24-14-15-6-2-1-3-7-15)19-12-17-11-10-16(19)13-23(17)25-20-9-5-4-8-18(20)22(28)26-23/h4-5,8-9,15-17,19,25H,1-3,6-7,10-14H2,(H,24,27)(H,26,28)/t16?,17?,19?,23-/m1/s1. The van der Waals surface area contributed by atoms with Gasteiger partial charge in [0.1, 0.15) is 5.66 Å². The molecule has 5 nitrogen and oxygen atoms in total. The number of para-hydroxylation sites is 1. The van der Waals surface area contributed by atoms with Crippen molar-refractivity contribution in [1.29, 1.82) is 0 Å². The molecule has 1 aromatic rings. The maximum Gasteiger partial charge on any atom is 0.255 e. The topological polar surface area (TPSA) is 70.2 Å². The molecule has 4 fully saturated rings. The van der Waals surface area contributed by atoms with Crippen molar-refractivity contribution in [1.82, 2.24) is 10.6 Å². The predicted molar refractivity (Wildman–Crippen MR) is 109 cm³/mol. The molecule has 3 N–H and O–H groups in total. The number of carbonyl (C=O) groups excluding carboxylic acids is 2. The van der Waals surface area contributed by atoms with Gasteiger partial charge in [0.25, 0.3) is 5.91 Å². The fourth-order valence-corrected chi connectivity index (χ4v) is 6.23. The van der Waals surface area contributed by atoms with E-state index in [9.17, 15) is 9.59 Å². The summed E-state index contributed by atoms with van der Waals surface area (Å²) < 4.78 is 0. The van der Waals surface area contributed by atoms with E-state index in [1.54, 1.807) is 0 Å². The van der Waals surface area contributed by atoms with Crippen molar-refractivity contribution in [2.45, 2.75) is 63.5 Å². The van der Waals surface area contributed by atoms with Crippen LogP contribution in [0.25, 0.3) is 0 Å². The lowest BCUT2D eigenvalue weighted by molar-refractivity contribution is -0.132. The Morgan fingerprint density at radius 2 is 1.89 bits per heavy atom. The average molecular weight is 382 g/mol. The van der Waals surface area contributed by atoms with Gasteiger partial charge in [-0.25, -0.2) is 0 Å². The maximum absolute atomic E-state index is 12.9. The van der Waals surface area contributed by atoms with Crippen molar-refractivity contribution in [3.63, 3.8) is 0 Å². The van der Waals surface area contributed by atoms with Crippen LogP contribution in [0.5, 0.6) is 0 Å². The normalized spacial score (nSPS) is 34.4. The molecule has 2 bridgehead atoms. The highest BCUT2D eigenvalue weighted by Gasteiger charge is 2.55. The number of anilines is 1. The molecule has 5 aliphatic rings. The van der Waals surface area contributed by atoms with E-state index in [2.05, 4.69) is 16.0 Å². The number of nitrogens with one attached hydrogen (secondary N) is 3. The Labute approximate surface area is 167 Å². The van der Waals surface area contributed by atoms with Crippen LogP contribution >= 0.6 is 0 Å². The van der Waals surface area contributed by atoms with Gasteiger partial charge in [-0.15, -0.1) is 0 Å². The summed E-state index contributed by atoms with van der Waals surface area (Å²) in [5.41, 5.74) is 1.27. The first-order valence-electron chi connectivity index (χ1n) is 11.1. The second-order valence-corrected chi connectivity index (χ2v) is 9.43. The molecule has 0 radical (unpaired) electrons. The lowest BCUT2D eigenvalue weighted by atomic mass is 9.58. The highest BCUT2D eigenvalue weighted by Crippen LogP contribution is 2.51. The highest BCUT2D eigenvalue weighted by atomic mass is 16.2. The predicted octanol–water partition coefficient (Wildman–Crippen LogP) is 3.67. The van der Waals surface area contributed by atoms with Gasteiger partial charge < -0.3 is 16.0 Å². The van der Waals surface area contributed by atoms with Crippen LogP contribution in [0.4, 0.5) is 5.69 Å². The first kappa shape index (κ1) is 18.0. The summed E-state index contributed by atoms with van der Waals surface area (Å²) in [7, 11) is 0. The van der Waals surface area contributed by atoms with Crippen LogP contribution in [0, 0.1) is 23.7 Å². The number of hydrogen-bond donors (Lipinski definition) is 3. The molecule has 3 unspecified atom stereocenters. The SMILES string of the molecule is O=C1N[C@@]2(CC3CCC2CC3C(=O)NCC2CCCCC2)Nc2ccccc21. The molecule has 2 amide bonds. The molecule has 5 heteroatoms. The zero-order chi connectivity index (χ0) is 19.1. The van der Waals surface area contributed by atoms with Crippen LogP contribution in [-0.2, 0) is 4.79 Å². The van der Waals surface area contributed by atoms with Crippen LogP contribution in [0.2, 0.25) is 0 Å². The van der Waals surface area contributed by atoms with E-state index in [0.717, 1.165) is 43.5 Å². The van der Waals surface area contributed by atoms with E-state index in [4.69, 9.17) is 0 Å². The summed E-state index contributed by atoms with van der Waals surface area (Å²) in [4.78, 5) is 25.6. The van der Waals surface area contributed by atoms with E-state index < -0.39 is 0 Å². The van der Waals surface area contributed by atoms with E-state index >= 15 is 0 Å². The third-order valence-electron chi connectivity index (χ3n) is 7.77. The van der Waals surface area contributed by atoms with E-state index in [1.807, 2.05) is 24.3 Å². The van der Waals surface area contributed by atoms with Gasteiger partial charge in [-0.2, -0.15) is 0 Å². The minimum Gasteiger partial charge on any atom is -0.362 e. The van der Waals surface area contributed by atoms with Crippen molar-refractivity contribution in [2.24, 2.45) is 23.7 Å². The molecule has 28 heavy (non-hydrogen) atoms. The van der Waals surface area contributed by atoms with Crippen LogP contribution in [0.3, 0.4) is 0 Å². The summed E-state index contributed by atoms with van der Waals surface area (Å²) in [6, 6.07) is 7.73. The minimum atomic E-state index is -0.380. The van der Waals surface area contributed by atoms with Gasteiger partial charge in [-0.05, 0) is 62.5 Å². The molecule has 0 saturated heterocycles. The Balaban J connectivity index is 1.26. The summed E-state index contributed by atoms with van der Waals surface area (Å²) in [6.45, 7) is 0.847. The largest absolute Gasteiger partial charge is 0.362 e. The zero-order valence-corrected chi connectivity index (χ0v) is 16.5. The van der Waals surface area contributed by atoms with Crippen LogP contribution in [-0.4, -0.2) is 24.0 Å². The molecule has 6 rings (SSSR count). The number of amides is 2. The third kappa shape index (κ3) is 3.09. The van der Waals surface area contributed by atoms with Gasteiger partial charge in [-0.1, -0.05) is 31.4 Å². The maximum atomic E-state index is 12.9. The van der Waals surface area contributed by atoms with E-state index in [-0.39, 0.29) is 23.4 Å². The Bertz CT molecular complexity index is 773. The van der Waals surface area contributed by atoms with Gasteiger partial charge in [0.05, 0.1) is 5.56 Å². The van der Waals surface area contributed by atoms with Gasteiger partial charge in [0, 0.05) is 24.1 Å². The van der Waals surface area contributed by atoms with Crippen molar-refractivity contribution in [3.8, 4) is 0 Å². The second-order valence-electron chi connectivity index (χ2n) is 9.43. The van der Waals surface area contributed by atoms with Gasteiger partial charge in [0.2, 0.25) is 5.91 Å². The summed E-state index contributed by atoms with van der Waals surface area (Å²) in [6.07, 6.45) is 10.4. The monoisotopic (exact) mass is 381 g/mol. The summed E-state index contributed by atoms with van der Waals surface area (Å²) >= 11 is 0. The van der Waals surface area contributed by atoms with Crippen LogP contribution in [0.1, 0.15) is 68.1 Å². The molecular weight excluding hydrogens is 350 g/mol. The molecule has 1 heterocycles. The average Bonchev–Trinajstić information content (AvgIpc) is 2.73. The summed E-state index contributed by atoms with van der Waals surface area (Å²) in [5.74, 6) is 1.68. The van der Waals surface area contributed by atoms with Crippen LogP contribution < -0.4 is 16.0 Å². The quantitative estimate of drug-likeness (QED) is 0.748. The van der Waals surface area contributed by atoms with Crippen LogP contribution in [0.15, 0.2) is 24.3 Å². The first-order chi connectivity index (χ1) is 13.6. The molecule has 0 aromatic heterocycles. The second kappa shape index (κ2) is 7.09. The van der Waals surface area contributed by atoms with Crippen molar-refractivity contribution >= 4 is 17.5 Å². The fourth-order valence-electron chi connectivity index (χ4n) is 6.23. The minimum absolute atomic E-state index is 0.0141. The Morgan fingerprint density at radius 1 is 1.07 bits per heavy atom. The zero-order valence-electron chi connectivity index (χ0n) is 16.5. The summed E-state index contributed by atoms with van der Waals surface area (Å²) in [5, 5.41) is 10.2. The van der Waals surface area contributed by atoms with Crippen molar-refractivity contribution in [2.75, 3.05) is 11.9 Å². The van der Waals surface area contributed by atoms with E-state index in [1.165, 1.54) is 32.1 Å². The molecule has 150 valence electrons. The lowest BCUT2D eigenvalue weighted by Crippen LogP contribution is -2.68. The van der Waals surface area contributed by atoms with Gasteiger partial charge in [-0.3, -0.25) is 9.59 Å². The molecule has 4 aliphatic carbocycles. The van der Waals surface area contributed by atoms with Crippen molar-refractivity contribution in [3.05, 3.63) is 29.8 Å². The molecule has 1 spiro atoms. The van der Waals surface area contributed by atoms with E-state index in [0.29, 0.717) is 17.8 Å². The molecule has 1 aromatic carbocycles. The molecule has 1 aliphatic heterocycles. The van der Waals surface area contributed by atoms with Gasteiger partial charge in [0.15, 0.2) is 0 Å². The number of fused-ring (bicyclic) bond motifs is 3. The lowest BCUT2D eigenvalue weighted by Gasteiger charge is -2.56. The number of hydrogen-bond acceptors (Lipinski definition) is 3. The Morgan fingerprint density at radius 3 is 2.68 bits per heavy atom. The number of rotatable bonds is 3.